The highest BCUT2D eigenvalue weighted by molar-refractivity contribution is 6.37. The van der Waals surface area contributed by atoms with Gasteiger partial charge in [-0.2, -0.15) is 0 Å². The molecule has 3 aromatic rings. The molecule has 3 aromatic carbocycles. The van der Waals surface area contributed by atoms with Crippen LogP contribution in [0.25, 0.3) is 11.3 Å². The third-order valence-electron chi connectivity index (χ3n) is 7.84. The zero-order chi connectivity index (χ0) is 27.5. The van der Waals surface area contributed by atoms with Crippen LogP contribution < -0.4 is 20.9 Å². The van der Waals surface area contributed by atoms with E-state index >= 15 is 0 Å². The summed E-state index contributed by atoms with van der Waals surface area (Å²) >= 11 is 0. The minimum absolute atomic E-state index is 0.178. The summed E-state index contributed by atoms with van der Waals surface area (Å²) in [4.78, 5) is 30.2. The summed E-state index contributed by atoms with van der Waals surface area (Å²) in [5, 5.41) is 9.47. The fourth-order valence-corrected chi connectivity index (χ4v) is 5.25. The monoisotopic (exact) mass is 531 g/mol. The second-order valence-electron chi connectivity index (χ2n) is 10.6. The number of piperazine rings is 1. The smallest absolute Gasteiger partial charge is 0.296 e. The van der Waals surface area contributed by atoms with E-state index in [2.05, 4.69) is 68.9 Å². The van der Waals surface area contributed by atoms with Crippen molar-refractivity contribution in [1.29, 1.82) is 0 Å². The van der Waals surface area contributed by atoms with Crippen LogP contribution in [0.1, 0.15) is 36.0 Å². The summed E-state index contributed by atoms with van der Waals surface area (Å²) in [6, 6.07) is 24.1. The second-order valence-corrected chi connectivity index (χ2v) is 10.6. The molecule has 3 N–H and O–H groups in total. The van der Waals surface area contributed by atoms with E-state index in [1.807, 2.05) is 48.5 Å². The molecule has 1 saturated heterocycles. The van der Waals surface area contributed by atoms with Crippen molar-refractivity contribution in [2.24, 2.45) is 0 Å². The Morgan fingerprint density at radius 2 is 1.70 bits per heavy atom. The van der Waals surface area contributed by atoms with Crippen molar-refractivity contribution in [2.45, 2.75) is 25.3 Å². The third-order valence-corrected chi connectivity index (χ3v) is 7.84. The van der Waals surface area contributed by atoms with E-state index in [9.17, 15) is 9.59 Å². The summed E-state index contributed by atoms with van der Waals surface area (Å²) in [7, 11) is 2.16. The van der Waals surface area contributed by atoms with Crippen LogP contribution in [0.15, 0.2) is 72.8 Å². The molecule has 0 radical (unpaired) electrons. The summed E-state index contributed by atoms with van der Waals surface area (Å²) in [5.41, 5.74) is 6.51. The zero-order valence-electron chi connectivity index (χ0n) is 22.7. The number of benzene rings is 3. The number of hydrogen-bond acceptors (Lipinski definition) is 5. The molecule has 0 atom stereocenters. The number of rotatable bonds is 5. The Kier molecular flexibility index (Phi) is 7.26. The molecule has 0 bridgehead atoms. The number of nitrogens with one attached hydrogen (secondary N) is 3. The third kappa shape index (κ3) is 5.58. The lowest BCUT2D eigenvalue weighted by Gasteiger charge is -2.34. The Labute approximate surface area is 235 Å². The van der Waals surface area contributed by atoms with Gasteiger partial charge in [0.2, 0.25) is 0 Å². The largest absolute Gasteiger partial charge is 0.369 e. The molecule has 6 rings (SSSR count). The van der Waals surface area contributed by atoms with Gasteiger partial charge in [0, 0.05) is 60.6 Å². The molecule has 3 aliphatic rings. The number of amides is 2. The van der Waals surface area contributed by atoms with Gasteiger partial charge in [-0.25, -0.2) is 0 Å². The Bertz CT molecular complexity index is 1510. The highest BCUT2D eigenvalue weighted by Crippen LogP contribution is 2.38. The lowest BCUT2D eigenvalue weighted by molar-refractivity contribution is -0.116. The first-order chi connectivity index (χ1) is 19.5. The van der Waals surface area contributed by atoms with Crippen LogP contribution in [-0.2, 0) is 9.59 Å². The predicted molar refractivity (Wildman–Crippen MR) is 161 cm³/mol. The Morgan fingerprint density at radius 3 is 2.40 bits per heavy atom. The van der Waals surface area contributed by atoms with Crippen LogP contribution in [0.4, 0.5) is 17.1 Å². The van der Waals surface area contributed by atoms with E-state index in [1.165, 1.54) is 5.69 Å². The molecule has 1 saturated carbocycles. The Hall–Kier alpha value is -4.54. The van der Waals surface area contributed by atoms with Crippen molar-refractivity contribution in [1.82, 2.24) is 10.2 Å². The fraction of sp³-hybridized carbons (Fsp3) is 0.273. The molecule has 0 unspecified atom stereocenters. The SMILES string of the molecule is CN1CCN(c2ccc(NC(=C3C(=O)Nc4cc(C#CC(=O)NC5CCC5)ccc43)c3ccccc3)cc2)CC1. The molecular formula is C33H33N5O2. The molecule has 7 heteroatoms. The van der Waals surface area contributed by atoms with Crippen molar-refractivity contribution in [2.75, 3.05) is 48.8 Å². The van der Waals surface area contributed by atoms with E-state index in [0.29, 0.717) is 16.8 Å². The lowest BCUT2D eigenvalue weighted by Crippen LogP contribution is -2.44. The van der Waals surface area contributed by atoms with E-state index < -0.39 is 0 Å². The molecule has 202 valence electrons. The quantitative estimate of drug-likeness (QED) is 0.336. The first-order valence-corrected chi connectivity index (χ1v) is 13.9. The number of likely N-dealkylation sites (N-methyl/N-ethyl adjacent to an activating group) is 1. The molecule has 2 fully saturated rings. The Balaban J connectivity index is 1.28. The zero-order valence-corrected chi connectivity index (χ0v) is 22.7. The fourth-order valence-electron chi connectivity index (χ4n) is 5.25. The average molecular weight is 532 g/mol. The minimum atomic E-state index is -0.260. The van der Waals surface area contributed by atoms with Gasteiger partial charge in [-0.15, -0.1) is 0 Å². The second kappa shape index (κ2) is 11.3. The van der Waals surface area contributed by atoms with Gasteiger partial charge in [0.25, 0.3) is 11.8 Å². The van der Waals surface area contributed by atoms with Crippen LogP contribution in [-0.4, -0.2) is 56.0 Å². The van der Waals surface area contributed by atoms with Gasteiger partial charge < -0.3 is 25.8 Å². The molecule has 40 heavy (non-hydrogen) atoms. The first-order valence-electron chi connectivity index (χ1n) is 13.9. The summed E-state index contributed by atoms with van der Waals surface area (Å²) in [6.45, 7) is 4.13. The van der Waals surface area contributed by atoms with Crippen molar-refractivity contribution in [3.63, 3.8) is 0 Å². The standard InChI is InChI=1S/C33H33N5O2/c1-37-18-20-38(21-19-37)27-14-12-26(13-15-27)35-32(24-6-3-2-4-7-24)31-28-16-10-23(22-29(28)36-33(31)40)11-17-30(39)34-25-8-5-9-25/h2-4,6-7,10,12-16,22,25,35H,5,8-9,18-21H2,1H3,(H,34,39)(H,36,40). The molecule has 2 aliphatic heterocycles. The average Bonchev–Trinajstić information content (AvgIpc) is 3.28. The number of carbonyl (C=O) groups is 2. The summed E-state index contributed by atoms with van der Waals surface area (Å²) < 4.78 is 0. The highest BCUT2D eigenvalue weighted by Gasteiger charge is 2.29. The maximum atomic E-state index is 13.3. The van der Waals surface area contributed by atoms with Crippen molar-refractivity contribution in [3.05, 3.63) is 89.5 Å². The number of fused-ring (bicyclic) bond motifs is 1. The topological polar surface area (TPSA) is 76.7 Å². The molecule has 2 amide bonds. The first kappa shape index (κ1) is 25.7. The highest BCUT2D eigenvalue weighted by atomic mass is 16.2. The van der Waals surface area contributed by atoms with E-state index in [0.717, 1.165) is 68.0 Å². The summed E-state index contributed by atoms with van der Waals surface area (Å²) in [5.74, 6) is 5.18. The van der Waals surface area contributed by atoms with Crippen molar-refractivity contribution in [3.8, 4) is 11.8 Å². The van der Waals surface area contributed by atoms with Crippen LogP contribution in [0, 0.1) is 11.8 Å². The minimum Gasteiger partial charge on any atom is -0.369 e. The maximum Gasteiger partial charge on any atom is 0.296 e. The van der Waals surface area contributed by atoms with Gasteiger partial charge in [0.05, 0.1) is 17.0 Å². The predicted octanol–water partition coefficient (Wildman–Crippen LogP) is 4.39. The summed E-state index contributed by atoms with van der Waals surface area (Å²) in [6.07, 6.45) is 3.19. The number of anilines is 3. The van der Waals surface area contributed by atoms with Gasteiger partial charge in [-0.05, 0) is 68.3 Å². The molecular weight excluding hydrogens is 498 g/mol. The van der Waals surface area contributed by atoms with E-state index in [1.54, 1.807) is 0 Å². The van der Waals surface area contributed by atoms with E-state index in [-0.39, 0.29) is 17.9 Å². The van der Waals surface area contributed by atoms with Crippen molar-refractivity contribution < 1.29 is 9.59 Å². The Morgan fingerprint density at radius 1 is 0.950 bits per heavy atom. The van der Waals surface area contributed by atoms with Gasteiger partial charge in [-0.1, -0.05) is 42.3 Å². The van der Waals surface area contributed by atoms with Gasteiger partial charge >= 0.3 is 0 Å². The molecule has 7 nitrogen and oxygen atoms in total. The van der Waals surface area contributed by atoms with Gasteiger partial charge in [0.1, 0.15) is 0 Å². The number of hydrogen-bond donors (Lipinski definition) is 3. The normalized spacial score (nSPS) is 18.1. The lowest BCUT2D eigenvalue weighted by atomic mass is 9.93. The van der Waals surface area contributed by atoms with Crippen LogP contribution in [0.2, 0.25) is 0 Å². The number of nitrogens with zero attached hydrogens (tertiary/aromatic N) is 2. The van der Waals surface area contributed by atoms with Crippen LogP contribution in [0.5, 0.6) is 0 Å². The molecule has 1 aliphatic carbocycles. The van der Waals surface area contributed by atoms with Gasteiger partial charge in [-0.3, -0.25) is 9.59 Å². The van der Waals surface area contributed by atoms with E-state index in [4.69, 9.17) is 0 Å². The molecule has 0 aromatic heterocycles. The number of carbonyl (C=O) groups excluding carboxylic acids is 2. The van der Waals surface area contributed by atoms with Gasteiger partial charge in [0.15, 0.2) is 0 Å². The van der Waals surface area contributed by atoms with Crippen molar-refractivity contribution >= 4 is 40.1 Å². The maximum absolute atomic E-state index is 13.3. The molecule has 0 spiro atoms. The molecule has 2 heterocycles. The van der Waals surface area contributed by atoms with Crippen LogP contribution >= 0.6 is 0 Å². The van der Waals surface area contributed by atoms with Crippen LogP contribution in [0.3, 0.4) is 0 Å².